The SMILES string of the molecule is COc1ccc(S(=O)(=O)N(CC(=O)NCc2ccc(CN3CCCC3)cc2)c2ccc(Cl)cc2)cc1. The van der Waals surface area contributed by atoms with Gasteiger partial charge >= 0.3 is 0 Å². The monoisotopic (exact) mass is 527 g/mol. The van der Waals surface area contributed by atoms with Crippen LogP contribution in [0.4, 0.5) is 5.69 Å². The molecule has 1 aliphatic heterocycles. The topological polar surface area (TPSA) is 79.0 Å². The molecule has 190 valence electrons. The van der Waals surface area contributed by atoms with Crippen molar-refractivity contribution in [2.24, 2.45) is 0 Å². The molecule has 1 N–H and O–H groups in total. The minimum Gasteiger partial charge on any atom is -0.497 e. The average molecular weight is 528 g/mol. The van der Waals surface area contributed by atoms with E-state index in [1.807, 2.05) is 12.1 Å². The van der Waals surface area contributed by atoms with E-state index in [1.54, 1.807) is 36.4 Å². The quantitative estimate of drug-likeness (QED) is 0.421. The smallest absolute Gasteiger partial charge is 0.264 e. The van der Waals surface area contributed by atoms with E-state index in [0.29, 0.717) is 23.0 Å². The molecule has 9 heteroatoms. The van der Waals surface area contributed by atoms with Crippen LogP contribution < -0.4 is 14.4 Å². The third-order valence-electron chi connectivity index (χ3n) is 6.17. The largest absolute Gasteiger partial charge is 0.497 e. The standard InChI is InChI=1S/C27H30ClN3O4S/c1-35-25-12-14-26(15-13-25)36(33,34)31(24-10-8-23(28)9-11-24)20-27(32)29-18-21-4-6-22(7-5-21)19-30-16-2-3-17-30/h4-15H,2-3,16-20H2,1H3,(H,29,32). The summed E-state index contributed by atoms with van der Waals surface area (Å²) in [5.41, 5.74) is 2.53. The Morgan fingerprint density at radius 3 is 2.17 bits per heavy atom. The van der Waals surface area contributed by atoms with E-state index in [1.165, 1.54) is 37.6 Å². The fraction of sp³-hybridized carbons (Fsp3) is 0.296. The summed E-state index contributed by atoms with van der Waals surface area (Å²) < 4.78 is 33.2. The second-order valence-electron chi connectivity index (χ2n) is 8.74. The second-order valence-corrected chi connectivity index (χ2v) is 11.0. The van der Waals surface area contributed by atoms with E-state index in [0.717, 1.165) is 29.5 Å². The number of carbonyl (C=O) groups is 1. The van der Waals surface area contributed by atoms with Crippen LogP contribution in [0.25, 0.3) is 0 Å². The number of likely N-dealkylation sites (tertiary alicyclic amines) is 1. The summed E-state index contributed by atoms with van der Waals surface area (Å²) in [5, 5.41) is 3.31. The van der Waals surface area contributed by atoms with Gasteiger partial charge in [0, 0.05) is 18.1 Å². The van der Waals surface area contributed by atoms with E-state index in [-0.39, 0.29) is 11.4 Å². The van der Waals surface area contributed by atoms with Crippen LogP contribution in [0.2, 0.25) is 5.02 Å². The normalized spacial score (nSPS) is 13.9. The molecule has 0 radical (unpaired) electrons. The zero-order chi connectivity index (χ0) is 25.5. The number of ether oxygens (including phenoxy) is 1. The number of hydrogen-bond acceptors (Lipinski definition) is 5. The zero-order valence-corrected chi connectivity index (χ0v) is 21.8. The van der Waals surface area contributed by atoms with Crippen molar-refractivity contribution in [2.45, 2.75) is 30.8 Å². The maximum atomic E-state index is 13.5. The van der Waals surface area contributed by atoms with Gasteiger partial charge in [0.15, 0.2) is 0 Å². The van der Waals surface area contributed by atoms with Gasteiger partial charge in [-0.25, -0.2) is 8.42 Å². The minimum absolute atomic E-state index is 0.0552. The first-order chi connectivity index (χ1) is 17.3. The first-order valence-corrected chi connectivity index (χ1v) is 13.7. The number of nitrogens with zero attached hydrogens (tertiary/aromatic N) is 2. The number of benzene rings is 3. The molecule has 3 aromatic carbocycles. The summed E-state index contributed by atoms with van der Waals surface area (Å²) in [6.45, 7) is 3.15. The van der Waals surface area contributed by atoms with Crippen molar-refractivity contribution >= 4 is 33.2 Å². The maximum absolute atomic E-state index is 13.5. The highest BCUT2D eigenvalue weighted by Gasteiger charge is 2.27. The molecule has 36 heavy (non-hydrogen) atoms. The molecule has 0 saturated carbocycles. The minimum atomic E-state index is -4.02. The van der Waals surface area contributed by atoms with Crippen molar-refractivity contribution in [1.82, 2.24) is 10.2 Å². The Hall–Kier alpha value is -3.07. The van der Waals surface area contributed by atoms with E-state index < -0.39 is 15.9 Å². The molecule has 0 atom stereocenters. The lowest BCUT2D eigenvalue weighted by Crippen LogP contribution is -2.40. The Bertz CT molecular complexity index is 1260. The molecule has 1 saturated heterocycles. The predicted octanol–water partition coefficient (Wildman–Crippen LogP) is 4.46. The number of sulfonamides is 1. The van der Waals surface area contributed by atoms with Gasteiger partial charge < -0.3 is 10.1 Å². The molecule has 0 spiro atoms. The Morgan fingerprint density at radius 1 is 0.944 bits per heavy atom. The Balaban J connectivity index is 1.44. The van der Waals surface area contributed by atoms with Gasteiger partial charge in [-0.3, -0.25) is 14.0 Å². The van der Waals surface area contributed by atoms with Gasteiger partial charge in [0.2, 0.25) is 5.91 Å². The Kier molecular flexibility index (Phi) is 8.51. The number of rotatable bonds is 10. The van der Waals surface area contributed by atoms with E-state index in [9.17, 15) is 13.2 Å². The van der Waals surface area contributed by atoms with E-state index in [2.05, 4.69) is 22.3 Å². The number of anilines is 1. The van der Waals surface area contributed by atoms with Crippen molar-refractivity contribution in [3.63, 3.8) is 0 Å². The summed E-state index contributed by atoms with van der Waals surface area (Å²) in [4.78, 5) is 15.4. The molecule has 0 aromatic heterocycles. The summed E-state index contributed by atoms with van der Waals surface area (Å²) in [6.07, 6.45) is 2.51. The molecule has 1 fully saturated rings. The molecular weight excluding hydrogens is 498 g/mol. The van der Waals surface area contributed by atoms with Crippen molar-refractivity contribution < 1.29 is 17.9 Å². The number of carbonyl (C=O) groups excluding carboxylic acids is 1. The van der Waals surface area contributed by atoms with Crippen LogP contribution in [0.5, 0.6) is 5.75 Å². The zero-order valence-electron chi connectivity index (χ0n) is 20.2. The number of methoxy groups -OCH3 is 1. The maximum Gasteiger partial charge on any atom is 0.264 e. The van der Waals surface area contributed by atoms with E-state index >= 15 is 0 Å². The number of halogens is 1. The first-order valence-electron chi connectivity index (χ1n) is 11.8. The van der Waals surface area contributed by atoms with Crippen LogP contribution in [0.1, 0.15) is 24.0 Å². The second kappa shape index (κ2) is 11.8. The molecule has 3 aromatic rings. The lowest BCUT2D eigenvalue weighted by molar-refractivity contribution is -0.119. The average Bonchev–Trinajstić information content (AvgIpc) is 3.40. The summed E-state index contributed by atoms with van der Waals surface area (Å²) in [6, 6.07) is 20.5. The molecule has 1 aliphatic rings. The van der Waals surface area contributed by atoms with Gasteiger partial charge in [-0.1, -0.05) is 35.9 Å². The van der Waals surface area contributed by atoms with Crippen LogP contribution in [-0.4, -0.2) is 46.0 Å². The lowest BCUT2D eigenvalue weighted by atomic mass is 10.1. The van der Waals surface area contributed by atoms with Gasteiger partial charge in [-0.2, -0.15) is 0 Å². The number of nitrogens with one attached hydrogen (secondary N) is 1. The molecule has 0 unspecified atom stereocenters. The third-order valence-corrected chi connectivity index (χ3v) is 8.21. The molecule has 0 bridgehead atoms. The fourth-order valence-corrected chi connectivity index (χ4v) is 5.69. The number of hydrogen-bond donors (Lipinski definition) is 1. The van der Waals surface area contributed by atoms with Gasteiger partial charge in [0.25, 0.3) is 10.0 Å². The number of amides is 1. The van der Waals surface area contributed by atoms with Crippen molar-refractivity contribution in [1.29, 1.82) is 0 Å². The molecule has 1 heterocycles. The van der Waals surface area contributed by atoms with Crippen molar-refractivity contribution in [2.75, 3.05) is 31.0 Å². The highest BCUT2D eigenvalue weighted by atomic mass is 35.5. The fourth-order valence-electron chi connectivity index (χ4n) is 4.15. The van der Waals surface area contributed by atoms with Gasteiger partial charge in [-0.15, -0.1) is 0 Å². The molecule has 0 aliphatic carbocycles. The molecule has 4 rings (SSSR count). The lowest BCUT2D eigenvalue weighted by Gasteiger charge is -2.24. The molecule has 1 amide bonds. The Morgan fingerprint density at radius 2 is 1.56 bits per heavy atom. The van der Waals surface area contributed by atoms with Crippen molar-refractivity contribution in [3.8, 4) is 5.75 Å². The van der Waals surface area contributed by atoms with Crippen LogP contribution in [0.3, 0.4) is 0 Å². The predicted molar refractivity (Wildman–Crippen MR) is 142 cm³/mol. The summed E-state index contributed by atoms with van der Waals surface area (Å²) >= 11 is 6.00. The highest BCUT2D eigenvalue weighted by molar-refractivity contribution is 7.92. The van der Waals surface area contributed by atoms with Gasteiger partial charge in [0.1, 0.15) is 12.3 Å². The highest BCUT2D eigenvalue weighted by Crippen LogP contribution is 2.26. The van der Waals surface area contributed by atoms with Gasteiger partial charge in [0.05, 0.1) is 17.7 Å². The molecular formula is C27H30ClN3O4S. The van der Waals surface area contributed by atoms with Crippen LogP contribution in [-0.2, 0) is 27.9 Å². The van der Waals surface area contributed by atoms with Crippen LogP contribution in [0, 0.1) is 0 Å². The van der Waals surface area contributed by atoms with Crippen molar-refractivity contribution in [3.05, 3.63) is 88.9 Å². The van der Waals surface area contributed by atoms with Crippen LogP contribution >= 0.6 is 11.6 Å². The van der Waals surface area contributed by atoms with Crippen LogP contribution in [0.15, 0.2) is 77.7 Å². The first kappa shape index (κ1) is 26.0. The summed E-state index contributed by atoms with van der Waals surface area (Å²) in [5.74, 6) is 0.124. The third kappa shape index (κ3) is 6.57. The Labute approximate surface area is 217 Å². The summed E-state index contributed by atoms with van der Waals surface area (Å²) in [7, 11) is -2.51. The van der Waals surface area contributed by atoms with E-state index in [4.69, 9.17) is 16.3 Å². The molecule has 7 nitrogen and oxygen atoms in total. The van der Waals surface area contributed by atoms with Gasteiger partial charge in [-0.05, 0) is 85.6 Å².